The Bertz CT molecular complexity index is 1030. The molecule has 31 heavy (non-hydrogen) atoms. The van der Waals surface area contributed by atoms with Gasteiger partial charge in [0.05, 0.1) is 7.11 Å². The molecule has 6 nitrogen and oxygen atoms in total. The zero-order valence-electron chi connectivity index (χ0n) is 18.0. The number of carbonyl (C=O) groups excluding carboxylic acids is 1. The van der Waals surface area contributed by atoms with Gasteiger partial charge >= 0.3 is 5.97 Å². The van der Waals surface area contributed by atoms with E-state index < -0.39 is 0 Å². The first-order valence-corrected chi connectivity index (χ1v) is 11.3. The Morgan fingerprint density at radius 2 is 1.90 bits per heavy atom. The van der Waals surface area contributed by atoms with Crippen LogP contribution in [0.25, 0.3) is 11.5 Å². The Morgan fingerprint density at radius 3 is 2.61 bits per heavy atom. The van der Waals surface area contributed by atoms with Crippen LogP contribution in [-0.2, 0) is 22.7 Å². The molecule has 0 bridgehead atoms. The SMILES string of the molecule is COC(=O)[C@@H]1CSCN1Cc1ccc(OCc2nc(-c3ccc(C)cc3)oc2C)cc1. The molecule has 1 aromatic heterocycles. The fourth-order valence-electron chi connectivity index (χ4n) is 3.44. The highest BCUT2D eigenvalue weighted by Crippen LogP contribution is 2.26. The minimum absolute atomic E-state index is 0.169. The molecule has 1 atom stereocenters. The van der Waals surface area contributed by atoms with E-state index in [-0.39, 0.29) is 12.0 Å². The summed E-state index contributed by atoms with van der Waals surface area (Å²) in [5.74, 6) is 3.56. The average Bonchev–Trinajstić information content (AvgIpc) is 3.39. The zero-order valence-corrected chi connectivity index (χ0v) is 18.8. The van der Waals surface area contributed by atoms with Gasteiger partial charge in [-0.1, -0.05) is 29.8 Å². The summed E-state index contributed by atoms with van der Waals surface area (Å²) < 4.78 is 16.7. The van der Waals surface area contributed by atoms with Crippen molar-refractivity contribution in [1.29, 1.82) is 0 Å². The van der Waals surface area contributed by atoms with Crippen LogP contribution in [0.3, 0.4) is 0 Å². The maximum absolute atomic E-state index is 11.9. The second kappa shape index (κ2) is 9.58. The van der Waals surface area contributed by atoms with Crippen molar-refractivity contribution in [2.45, 2.75) is 33.0 Å². The lowest BCUT2D eigenvalue weighted by Crippen LogP contribution is -2.38. The summed E-state index contributed by atoms with van der Waals surface area (Å²) >= 11 is 1.75. The summed E-state index contributed by atoms with van der Waals surface area (Å²) in [5.41, 5.74) is 4.07. The monoisotopic (exact) mass is 438 g/mol. The standard InChI is InChI=1S/C24H26N2O4S/c1-16-4-8-19(9-5-16)23-25-21(17(2)30-23)13-29-20-10-6-18(7-11-20)12-26-15-31-14-22(26)24(27)28-3/h4-11,22H,12-15H2,1-3H3/t22-/m0/s1. The van der Waals surface area contributed by atoms with Crippen LogP contribution >= 0.6 is 11.8 Å². The second-order valence-corrected chi connectivity index (χ2v) is 8.61. The molecular weight excluding hydrogens is 412 g/mol. The fraction of sp³-hybridized carbons (Fsp3) is 0.333. The van der Waals surface area contributed by atoms with Crippen LogP contribution < -0.4 is 4.74 Å². The van der Waals surface area contributed by atoms with E-state index in [4.69, 9.17) is 13.9 Å². The molecule has 0 radical (unpaired) electrons. The van der Waals surface area contributed by atoms with Crippen molar-refractivity contribution in [2.24, 2.45) is 0 Å². The number of esters is 1. The summed E-state index contributed by atoms with van der Waals surface area (Å²) in [6, 6.07) is 15.9. The third-order valence-corrected chi connectivity index (χ3v) is 6.39. The Kier molecular flexibility index (Phi) is 6.63. The third kappa shape index (κ3) is 5.11. The van der Waals surface area contributed by atoms with Gasteiger partial charge in [0, 0.05) is 23.7 Å². The van der Waals surface area contributed by atoms with Gasteiger partial charge in [0.1, 0.15) is 29.9 Å². The van der Waals surface area contributed by atoms with E-state index >= 15 is 0 Å². The number of benzene rings is 2. The van der Waals surface area contributed by atoms with Gasteiger partial charge < -0.3 is 13.9 Å². The highest BCUT2D eigenvalue weighted by Gasteiger charge is 2.31. The maximum atomic E-state index is 11.9. The molecular formula is C24H26N2O4S. The smallest absolute Gasteiger partial charge is 0.323 e. The molecule has 2 heterocycles. The quantitative estimate of drug-likeness (QED) is 0.500. The lowest BCUT2D eigenvalue weighted by atomic mass is 10.1. The minimum Gasteiger partial charge on any atom is -0.487 e. The van der Waals surface area contributed by atoms with E-state index in [1.807, 2.05) is 55.5 Å². The molecule has 0 amide bonds. The van der Waals surface area contributed by atoms with Gasteiger partial charge in [0.2, 0.25) is 5.89 Å². The van der Waals surface area contributed by atoms with Gasteiger partial charge in [0.25, 0.3) is 0 Å². The Labute approximate surface area is 186 Å². The number of hydrogen-bond acceptors (Lipinski definition) is 7. The molecule has 3 aromatic rings. The lowest BCUT2D eigenvalue weighted by Gasteiger charge is -2.21. The number of methoxy groups -OCH3 is 1. The highest BCUT2D eigenvalue weighted by molar-refractivity contribution is 7.99. The van der Waals surface area contributed by atoms with E-state index in [9.17, 15) is 4.79 Å². The maximum Gasteiger partial charge on any atom is 0.323 e. The first-order chi connectivity index (χ1) is 15.0. The zero-order chi connectivity index (χ0) is 21.8. The van der Waals surface area contributed by atoms with Crippen LogP contribution in [0.4, 0.5) is 0 Å². The van der Waals surface area contributed by atoms with Crippen LogP contribution in [0, 0.1) is 13.8 Å². The van der Waals surface area contributed by atoms with E-state index in [0.717, 1.165) is 40.0 Å². The van der Waals surface area contributed by atoms with Gasteiger partial charge in [-0.05, 0) is 43.7 Å². The van der Waals surface area contributed by atoms with Crippen molar-refractivity contribution < 1.29 is 18.7 Å². The average molecular weight is 439 g/mol. The van der Waals surface area contributed by atoms with Gasteiger partial charge in [-0.3, -0.25) is 9.69 Å². The summed E-state index contributed by atoms with van der Waals surface area (Å²) in [6.07, 6.45) is 0. The summed E-state index contributed by atoms with van der Waals surface area (Å²) in [4.78, 5) is 18.6. The van der Waals surface area contributed by atoms with Crippen LogP contribution in [0.2, 0.25) is 0 Å². The molecule has 7 heteroatoms. The van der Waals surface area contributed by atoms with Crippen molar-refractivity contribution in [3.8, 4) is 17.2 Å². The molecule has 0 saturated carbocycles. The van der Waals surface area contributed by atoms with Gasteiger partial charge in [-0.25, -0.2) is 4.98 Å². The van der Waals surface area contributed by atoms with E-state index in [0.29, 0.717) is 19.0 Å². The van der Waals surface area contributed by atoms with Crippen molar-refractivity contribution >= 4 is 17.7 Å². The topological polar surface area (TPSA) is 64.8 Å². The van der Waals surface area contributed by atoms with E-state index in [2.05, 4.69) is 16.8 Å². The van der Waals surface area contributed by atoms with Gasteiger partial charge in [0.15, 0.2) is 0 Å². The number of ether oxygens (including phenoxy) is 2. The summed E-state index contributed by atoms with van der Waals surface area (Å²) in [6.45, 7) is 5.00. The van der Waals surface area contributed by atoms with Crippen molar-refractivity contribution in [2.75, 3.05) is 18.7 Å². The van der Waals surface area contributed by atoms with Crippen molar-refractivity contribution in [3.05, 3.63) is 71.1 Å². The molecule has 0 aliphatic carbocycles. The number of oxazole rings is 1. The fourth-order valence-corrected chi connectivity index (χ4v) is 4.63. The first-order valence-electron chi connectivity index (χ1n) is 10.2. The molecule has 2 aromatic carbocycles. The number of aromatic nitrogens is 1. The second-order valence-electron chi connectivity index (χ2n) is 7.61. The molecule has 0 spiro atoms. The predicted molar refractivity (Wildman–Crippen MR) is 121 cm³/mol. The van der Waals surface area contributed by atoms with Crippen LogP contribution in [0.5, 0.6) is 5.75 Å². The third-order valence-electron chi connectivity index (χ3n) is 5.32. The van der Waals surface area contributed by atoms with E-state index in [1.165, 1.54) is 12.7 Å². The predicted octanol–water partition coefficient (Wildman–Crippen LogP) is 4.59. The van der Waals surface area contributed by atoms with Gasteiger partial charge in [-0.15, -0.1) is 11.8 Å². The van der Waals surface area contributed by atoms with Gasteiger partial charge in [-0.2, -0.15) is 0 Å². The normalized spacial score (nSPS) is 16.4. The number of thioether (sulfide) groups is 1. The number of aryl methyl sites for hydroxylation is 2. The lowest BCUT2D eigenvalue weighted by molar-refractivity contribution is -0.145. The molecule has 1 fully saturated rings. The minimum atomic E-state index is -0.177. The van der Waals surface area contributed by atoms with Crippen molar-refractivity contribution in [3.63, 3.8) is 0 Å². The number of rotatable bonds is 7. The summed E-state index contributed by atoms with van der Waals surface area (Å²) in [5, 5.41) is 0. The first kappa shape index (κ1) is 21.5. The van der Waals surface area contributed by atoms with Crippen LogP contribution in [-0.4, -0.2) is 40.6 Å². The van der Waals surface area contributed by atoms with Crippen LogP contribution in [0.1, 0.15) is 22.6 Å². The molecule has 0 unspecified atom stereocenters. The molecule has 162 valence electrons. The van der Waals surface area contributed by atoms with E-state index in [1.54, 1.807) is 11.8 Å². The largest absolute Gasteiger partial charge is 0.487 e. The highest BCUT2D eigenvalue weighted by atomic mass is 32.2. The molecule has 0 N–H and O–H groups in total. The van der Waals surface area contributed by atoms with Crippen LogP contribution in [0.15, 0.2) is 52.9 Å². The molecule has 1 saturated heterocycles. The number of carbonyl (C=O) groups is 1. The van der Waals surface area contributed by atoms with Crippen molar-refractivity contribution in [1.82, 2.24) is 9.88 Å². The number of nitrogens with zero attached hydrogens (tertiary/aromatic N) is 2. The summed E-state index contributed by atoms with van der Waals surface area (Å²) in [7, 11) is 1.44. The molecule has 1 aliphatic rings. The molecule has 4 rings (SSSR count). The number of hydrogen-bond donors (Lipinski definition) is 0. The Morgan fingerprint density at radius 1 is 1.16 bits per heavy atom. The molecule has 1 aliphatic heterocycles. The Hall–Kier alpha value is -2.77. The Balaban J connectivity index is 1.36.